The predicted molar refractivity (Wildman–Crippen MR) is 126 cm³/mol. The molecule has 7 nitrogen and oxygen atoms in total. The zero-order chi connectivity index (χ0) is 24.8. The fourth-order valence-electron chi connectivity index (χ4n) is 3.45. The van der Waals surface area contributed by atoms with E-state index >= 15 is 0 Å². The third-order valence-electron chi connectivity index (χ3n) is 5.30. The van der Waals surface area contributed by atoms with Gasteiger partial charge in [-0.15, -0.1) is 0 Å². The predicted octanol–water partition coefficient (Wildman–Crippen LogP) is 4.10. The van der Waals surface area contributed by atoms with Crippen molar-refractivity contribution in [2.75, 3.05) is 6.61 Å². The van der Waals surface area contributed by atoms with Crippen LogP contribution in [0, 0.1) is 5.82 Å². The van der Waals surface area contributed by atoms with E-state index in [2.05, 4.69) is 5.32 Å². The van der Waals surface area contributed by atoms with Crippen LogP contribution in [0.1, 0.15) is 21.5 Å². The second kappa shape index (κ2) is 10.5. The maximum absolute atomic E-state index is 13.0. The molecule has 3 aromatic carbocycles. The lowest BCUT2D eigenvalue weighted by Crippen LogP contribution is -2.46. The van der Waals surface area contributed by atoms with Gasteiger partial charge >= 0.3 is 5.97 Å². The second-order valence-corrected chi connectivity index (χ2v) is 9.04. The quantitative estimate of drug-likeness (QED) is 0.272. The van der Waals surface area contributed by atoms with E-state index in [1.807, 2.05) is 6.07 Å². The molecule has 9 heteroatoms. The van der Waals surface area contributed by atoms with Gasteiger partial charge in [0.25, 0.3) is 11.1 Å². The van der Waals surface area contributed by atoms with Crippen molar-refractivity contribution in [2.45, 2.75) is 17.8 Å². The molecule has 178 valence electrons. The summed E-state index contributed by atoms with van der Waals surface area (Å²) in [7, 11) is 0. The van der Waals surface area contributed by atoms with Crippen LogP contribution in [0.4, 0.5) is 9.18 Å². The monoisotopic (exact) mass is 493 g/mol. The highest BCUT2D eigenvalue weighted by Gasteiger charge is 2.55. The summed E-state index contributed by atoms with van der Waals surface area (Å²) in [6, 6.07) is 20.6. The minimum absolute atomic E-state index is 0.0294. The van der Waals surface area contributed by atoms with E-state index < -0.39 is 27.7 Å². The summed E-state index contributed by atoms with van der Waals surface area (Å²) < 4.78 is 22.2. The number of thioether (sulfide) groups is 1. The molecular weight excluding hydrogens is 473 g/mol. The van der Waals surface area contributed by atoms with E-state index in [9.17, 15) is 23.6 Å². The number of benzene rings is 3. The fraction of sp³-hybridized carbons (Fsp3) is 0.154. The topological polar surface area (TPSA) is 98.8 Å². The van der Waals surface area contributed by atoms with Gasteiger partial charge < -0.3 is 9.47 Å². The van der Waals surface area contributed by atoms with Gasteiger partial charge in [-0.25, -0.2) is 9.18 Å². The molecule has 1 aliphatic rings. The number of imide groups is 1. The number of carbonyl (C=O) groups is 4. The zero-order valence-electron chi connectivity index (χ0n) is 18.4. The van der Waals surface area contributed by atoms with Crippen LogP contribution in [0.3, 0.4) is 0 Å². The van der Waals surface area contributed by atoms with Gasteiger partial charge in [0.15, 0.2) is 12.4 Å². The smallest absolute Gasteiger partial charge is 0.333 e. The average molecular weight is 494 g/mol. The van der Waals surface area contributed by atoms with E-state index in [1.54, 1.807) is 48.5 Å². The summed E-state index contributed by atoms with van der Waals surface area (Å²) in [5.41, 5.74) is 1.67. The van der Waals surface area contributed by atoms with Crippen molar-refractivity contribution in [2.24, 2.45) is 0 Å². The molecule has 0 aliphatic carbocycles. The molecule has 0 spiro atoms. The van der Waals surface area contributed by atoms with Gasteiger partial charge in [-0.05, 0) is 59.3 Å². The Labute approximate surface area is 204 Å². The molecule has 3 aromatic rings. The highest BCUT2D eigenvalue weighted by atomic mass is 32.2. The maximum atomic E-state index is 13.0. The van der Waals surface area contributed by atoms with E-state index in [0.717, 1.165) is 5.56 Å². The van der Waals surface area contributed by atoms with Crippen molar-refractivity contribution in [1.29, 1.82) is 0 Å². The molecule has 0 bridgehead atoms. The van der Waals surface area contributed by atoms with Crippen LogP contribution in [0.15, 0.2) is 78.9 Å². The van der Waals surface area contributed by atoms with Crippen molar-refractivity contribution in [1.82, 2.24) is 5.32 Å². The summed E-state index contributed by atoms with van der Waals surface area (Å²) in [4.78, 5) is 49.7. The molecule has 4 rings (SSSR count). The highest BCUT2D eigenvalue weighted by molar-refractivity contribution is 8.16. The molecule has 0 radical (unpaired) electrons. The molecular formula is C26H20FNO6S. The average Bonchev–Trinajstić information content (AvgIpc) is 3.16. The number of ketones is 1. The van der Waals surface area contributed by atoms with Gasteiger partial charge in [0.05, 0.1) is 0 Å². The lowest BCUT2D eigenvalue weighted by Gasteiger charge is -2.22. The molecule has 1 heterocycles. The first-order valence-corrected chi connectivity index (χ1v) is 11.4. The summed E-state index contributed by atoms with van der Waals surface area (Å²) in [5, 5.41) is 1.55. The second-order valence-electron chi connectivity index (χ2n) is 7.77. The summed E-state index contributed by atoms with van der Waals surface area (Å²) in [6.07, 6.45) is -0.0718. The first-order chi connectivity index (χ1) is 16.9. The SMILES string of the molecule is O=C1NC(=O)C(Cc2ccc(OCC(=O)c3ccc(F)cc3)cc2)(C(=O)OCc2ccccc2)S1. The largest absolute Gasteiger partial charge is 0.485 e. The summed E-state index contributed by atoms with van der Waals surface area (Å²) >= 11 is 0.599. The number of Topliss-reactive ketones (excluding diaryl/α,β-unsaturated/α-hetero) is 1. The number of rotatable bonds is 9. The molecule has 1 atom stereocenters. The van der Waals surface area contributed by atoms with Crippen LogP contribution in [-0.2, 0) is 27.4 Å². The minimum atomic E-state index is -1.74. The normalized spacial score (nSPS) is 17.1. The Morgan fingerprint density at radius 2 is 1.57 bits per heavy atom. The number of halogens is 1. The standard InChI is InChI=1S/C26H20FNO6S/c27-20-10-8-19(9-11-20)22(29)16-33-21-12-6-17(7-13-21)14-26(23(30)28-25(32)35-26)24(31)34-15-18-4-2-1-3-5-18/h1-13H,14-16H2,(H,28,30,32). The zero-order valence-corrected chi connectivity index (χ0v) is 19.2. The van der Waals surface area contributed by atoms with Crippen LogP contribution in [0.25, 0.3) is 0 Å². The van der Waals surface area contributed by atoms with Crippen molar-refractivity contribution in [3.63, 3.8) is 0 Å². The lowest BCUT2D eigenvalue weighted by atomic mass is 9.97. The van der Waals surface area contributed by atoms with E-state index in [1.165, 1.54) is 24.3 Å². The molecule has 1 unspecified atom stereocenters. The third-order valence-corrected chi connectivity index (χ3v) is 6.44. The number of carbonyl (C=O) groups excluding carboxylic acids is 4. The number of nitrogens with one attached hydrogen (secondary N) is 1. The van der Waals surface area contributed by atoms with Gasteiger partial charge in [-0.3, -0.25) is 19.7 Å². The number of amides is 2. The molecule has 2 amide bonds. The first-order valence-electron chi connectivity index (χ1n) is 10.6. The van der Waals surface area contributed by atoms with Crippen molar-refractivity contribution < 1.29 is 33.0 Å². The van der Waals surface area contributed by atoms with E-state index in [4.69, 9.17) is 9.47 Å². The molecule has 0 saturated carbocycles. The highest BCUT2D eigenvalue weighted by Crippen LogP contribution is 2.37. The Hall–Kier alpha value is -3.98. The number of ether oxygens (including phenoxy) is 2. The molecule has 1 aliphatic heterocycles. The van der Waals surface area contributed by atoms with Gasteiger partial charge in [-0.2, -0.15) is 0 Å². The molecule has 1 saturated heterocycles. The Morgan fingerprint density at radius 3 is 2.20 bits per heavy atom. The number of hydrogen-bond acceptors (Lipinski definition) is 7. The van der Waals surface area contributed by atoms with Crippen LogP contribution in [0.5, 0.6) is 5.75 Å². The number of esters is 1. The van der Waals surface area contributed by atoms with Crippen LogP contribution in [-0.4, -0.2) is 34.3 Å². The Bertz CT molecular complexity index is 1250. The molecule has 35 heavy (non-hydrogen) atoms. The van der Waals surface area contributed by atoms with Crippen molar-refractivity contribution in [3.8, 4) is 5.75 Å². The van der Waals surface area contributed by atoms with Crippen LogP contribution >= 0.6 is 11.8 Å². The van der Waals surface area contributed by atoms with E-state index in [0.29, 0.717) is 28.6 Å². The van der Waals surface area contributed by atoms with Gasteiger partial charge in [0.1, 0.15) is 18.2 Å². The Balaban J connectivity index is 1.41. The molecule has 1 N–H and O–H groups in total. The molecule has 0 aromatic heterocycles. The number of hydrogen-bond donors (Lipinski definition) is 1. The lowest BCUT2D eigenvalue weighted by molar-refractivity contribution is -0.150. The van der Waals surface area contributed by atoms with Crippen molar-refractivity contribution >= 4 is 34.7 Å². The van der Waals surface area contributed by atoms with E-state index in [-0.39, 0.29) is 25.4 Å². The van der Waals surface area contributed by atoms with Gasteiger partial charge in [0, 0.05) is 12.0 Å². The van der Waals surface area contributed by atoms with Gasteiger partial charge in [0.2, 0.25) is 4.75 Å². The third kappa shape index (κ3) is 5.75. The first kappa shape index (κ1) is 24.2. The summed E-state index contributed by atoms with van der Waals surface area (Å²) in [6.45, 7) is -0.272. The Kier molecular flexibility index (Phi) is 7.26. The Morgan fingerprint density at radius 1 is 0.886 bits per heavy atom. The van der Waals surface area contributed by atoms with Gasteiger partial charge in [-0.1, -0.05) is 42.5 Å². The summed E-state index contributed by atoms with van der Waals surface area (Å²) in [5.74, 6) is -1.89. The minimum Gasteiger partial charge on any atom is -0.485 e. The van der Waals surface area contributed by atoms with Crippen LogP contribution in [0.2, 0.25) is 0 Å². The fourth-order valence-corrected chi connectivity index (χ4v) is 4.43. The van der Waals surface area contributed by atoms with Crippen molar-refractivity contribution in [3.05, 3.63) is 101 Å². The molecule has 1 fully saturated rings. The maximum Gasteiger partial charge on any atom is 0.333 e. The van der Waals surface area contributed by atoms with Crippen LogP contribution < -0.4 is 10.1 Å².